The van der Waals surface area contributed by atoms with E-state index in [0.717, 1.165) is 20.3 Å². The van der Waals surface area contributed by atoms with Gasteiger partial charge in [-0.1, -0.05) is 53.5 Å². The van der Waals surface area contributed by atoms with Crippen LogP contribution in [0.3, 0.4) is 0 Å². The molecular weight excluding hydrogens is 532 g/mol. The number of hydrogen-bond donors (Lipinski definition) is 0. The van der Waals surface area contributed by atoms with E-state index in [1.165, 1.54) is 0 Å². The first-order valence-corrected chi connectivity index (χ1v) is 11.1. The second-order valence-corrected chi connectivity index (χ2v) is 8.33. The second-order valence-electron chi connectivity index (χ2n) is 6.32. The maximum atomic E-state index is 9.62. The van der Waals surface area contributed by atoms with E-state index in [0.29, 0.717) is 40.3 Å². The average molecular weight is 550 g/mol. The molecule has 3 aromatic carbocycles. The first kappa shape index (κ1) is 22.5. The van der Waals surface area contributed by atoms with E-state index in [-0.39, 0.29) is 0 Å². The molecule has 30 heavy (non-hydrogen) atoms. The van der Waals surface area contributed by atoms with Crippen LogP contribution < -0.4 is 9.47 Å². The molecule has 0 aliphatic heterocycles. The van der Waals surface area contributed by atoms with Gasteiger partial charge in [0.05, 0.1) is 21.8 Å². The van der Waals surface area contributed by atoms with Crippen LogP contribution in [0.1, 0.15) is 23.6 Å². The Bertz CT molecular complexity index is 1110. The Morgan fingerprint density at radius 1 is 1.07 bits per heavy atom. The third kappa shape index (κ3) is 5.69. The van der Waals surface area contributed by atoms with Gasteiger partial charge in [-0.05, 0) is 77.0 Å². The van der Waals surface area contributed by atoms with E-state index < -0.39 is 0 Å². The highest BCUT2D eigenvalue weighted by atomic mass is 127. The van der Waals surface area contributed by atoms with Gasteiger partial charge in [0, 0.05) is 15.6 Å². The largest absolute Gasteiger partial charge is 0.490 e. The molecule has 0 N–H and O–H groups in total. The molecule has 152 valence electrons. The lowest BCUT2D eigenvalue weighted by Crippen LogP contribution is -2.02. The van der Waals surface area contributed by atoms with Crippen molar-refractivity contribution in [3.63, 3.8) is 0 Å². The number of nitriles is 1. The predicted octanol–water partition coefficient (Wildman–Crippen LogP) is 7.64. The molecule has 0 saturated carbocycles. The third-order valence-corrected chi connectivity index (χ3v) is 5.67. The zero-order valence-electron chi connectivity index (χ0n) is 16.2. The van der Waals surface area contributed by atoms with Gasteiger partial charge in [0.1, 0.15) is 6.61 Å². The van der Waals surface area contributed by atoms with E-state index in [4.69, 9.17) is 32.7 Å². The molecule has 0 saturated heterocycles. The molecule has 0 aliphatic rings. The van der Waals surface area contributed by atoms with Crippen LogP contribution in [0, 0.1) is 14.9 Å². The van der Waals surface area contributed by atoms with Crippen molar-refractivity contribution in [2.45, 2.75) is 13.5 Å². The molecule has 6 heteroatoms. The van der Waals surface area contributed by atoms with Gasteiger partial charge < -0.3 is 9.47 Å². The van der Waals surface area contributed by atoms with Crippen molar-refractivity contribution in [2.75, 3.05) is 6.61 Å². The smallest absolute Gasteiger partial charge is 0.175 e. The number of benzene rings is 3. The summed E-state index contributed by atoms with van der Waals surface area (Å²) >= 11 is 14.4. The SMILES string of the molecule is CCOc1cc(C=C(C#N)c2ccc(Cl)cc2)cc(I)c1OCc1ccccc1Cl. The van der Waals surface area contributed by atoms with E-state index in [9.17, 15) is 5.26 Å². The van der Waals surface area contributed by atoms with Crippen molar-refractivity contribution in [3.8, 4) is 17.6 Å². The molecule has 3 nitrogen and oxygen atoms in total. The molecule has 0 aromatic heterocycles. The molecule has 0 fully saturated rings. The van der Waals surface area contributed by atoms with E-state index in [1.807, 2.05) is 61.5 Å². The summed E-state index contributed by atoms with van der Waals surface area (Å²) in [6.07, 6.45) is 1.83. The molecule has 3 aromatic rings. The van der Waals surface area contributed by atoms with Crippen molar-refractivity contribution in [2.24, 2.45) is 0 Å². The van der Waals surface area contributed by atoms with Gasteiger partial charge in [-0.25, -0.2) is 0 Å². The lowest BCUT2D eigenvalue weighted by molar-refractivity contribution is 0.267. The number of halogens is 3. The Morgan fingerprint density at radius 3 is 2.47 bits per heavy atom. The molecule has 0 aliphatic carbocycles. The highest BCUT2D eigenvalue weighted by molar-refractivity contribution is 14.1. The van der Waals surface area contributed by atoms with Gasteiger partial charge in [-0.3, -0.25) is 0 Å². The minimum Gasteiger partial charge on any atom is -0.490 e. The second kappa shape index (κ2) is 10.7. The highest BCUT2D eigenvalue weighted by Crippen LogP contribution is 2.36. The fourth-order valence-electron chi connectivity index (χ4n) is 2.82. The van der Waals surface area contributed by atoms with Crippen LogP contribution >= 0.6 is 45.8 Å². The minimum atomic E-state index is 0.332. The molecule has 0 bridgehead atoms. The van der Waals surface area contributed by atoms with Crippen LogP contribution in [0.2, 0.25) is 10.0 Å². The highest BCUT2D eigenvalue weighted by Gasteiger charge is 2.13. The third-order valence-electron chi connectivity index (χ3n) is 4.25. The van der Waals surface area contributed by atoms with Crippen LogP contribution in [0.5, 0.6) is 11.5 Å². The van der Waals surface area contributed by atoms with Gasteiger partial charge >= 0.3 is 0 Å². The monoisotopic (exact) mass is 549 g/mol. The lowest BCUT2D eigenvalue weighted by atomic mass is 10.0. The number of hydrogen-bond acceptors (Lipinski definition) is 3. The summed E-state index contributed by atoms with van der Waals surface area (Å²) in [5.74, 6) is 1.27. The van der Waals surface area contributed by atoms with Crippen LogP contribution in [-0.4, -0.2) is 6.61 Å². The predicted molar refractivity (Wildman–Crippen MR) is 131 cm³/mol. The molecule has 0 radical (unpaired) electrons. The Morgan fingerprint density at radius 2 is 1.80 bits per heavy atom. The van der Waals surface area contributed by atoms with Gasteiger partial charge in [0.25, 0.3) is 0 Å². The average Bonchev–Trinajstić information content (AvgIpc) is 2.73. The summed E-state index contributed by atoms with van der Waals surface area (Å²) in [5.41, 5.74) is 3.08. The van der Waals surface area contributed by atoms with Crippen molar-refractivity contribution in [3.05, 3.63) is 91.0 Å². The van der Waals surface area contributed by atoms with Crippen LogP contribution in [-0.2, 0) is 6.61 Å². The maximum absolute atomic E-state index is 9.62. The normalized spacial score (nSPS) is 11.1. The number of rotatable bonds is 7. The fraction of sp³-hybridized carbons (Fsp3) is 0.125. The van der Waals surface area contributed by atoms with Gasteiger partial charge in [0.2, 0.25) is 0 Å². The minimum absolute atomic E-state index is 0.332. The zero-order valence-corrected chi connectivity index (χ0v) is 19.8. The van der Waals surface area contributed by atoms with Gasteiger partial charge in [-0.2, -0.15) is 5.26 Å². The molecule has 0 amide bonds. The summed E-state index contributed by atoms with van der Waals surface area (Å²) in [5, 5.41) is 10.9. The van der Waals surface area contributed by atoms with Crippen molar-refractivity contribution in [1.82, 2.24) is 0 Å². The Kier molecular flexibility index (Phi) is 8.03. The maximum Gasteiger partial charge on any atom is 0.175 e. The van der Waals surface area contributed by atoms with Crippen molar-refractivity contribution < 1.29 is 9.47 Å². The molecule has 0 heterocycles. The van der Waals surface area contributed by atoms with Crippen LogP contribution in [0.4, 0.5) is 0 Å². The first-order chi connectivity index (χ1) is 14.5. The summed E-state index contributed by atoms with van der Waals surface area (Å²) in [6, 6.07) is 20.8. The summed E-state index contributed by atoms with van der Waals surface area (Å²) in [7, 11) is 0. The lowest BCUT2D eigenvalue weighted by Gasteiger charge is -2.15. The van der Waals surface area contributed by atoms with E-state index >= 15 is 0 Å². The Labute approximate surface area is 200 Å². The van der Waals surface area contributed by atoms with Gasteiger partial charge in [-0.15, -0.1) is 0 Å². The molecule has 0 spiro atoms. The summed E-state index contributed by atoms with van der Waals surface area (Å²) in [6.45, 7) is 2.74. The zero-order chi connectivity index (χ0) is 21.5. The van der Waals surface area contributed by atoms with Gasteiger partial charge in [0.15, 0.2) is 11.5 Å². The summed E-state index contributed by atoms with van der Waals surface area (Å²) in [4.78, 5) is 0. The number of nitrogens with zero attached hydrogens (tertiary/aromatic N) is 1. The topological polar surface area (TPSA) is 42.2 Å². The fourth-order valence-corrected chi connectivity index (χ4v) is 3.91. The molecule has 3 rings (SSSR count). The van der Waals surface area contributed by atoms with Crippen LogP contribution in [0.15, 0.2) is 60.7 Å². The van der Waals surface area contributed by atoms with E-state index in [2.05, 4.69) is 28.7 Å². The van der Waals surface area contributed by atoms with Crippen LogP contribution in [0.25, 0.3) is 11.6 Å². The molecule has 0 atom stereocenters. The van der Waals surface area contributed by atoms with Crippen molar-refractivity contribution in [1.29, 1.82) is 5.26 Å². The quantitative estimate of drug-likeness (QED) is 0.173. The number of ether oxygens (including phenoxy) is 2. The first-order valence-electron chi connectivity index (χ1n) is 9.22. The molecule has 0 unspecified atom stereocenters. The summed E-state index contributed by atoms with van der Waals surface area (Å²) < 4.78 is 12.8. The molecular formula is C24H18Cl2INO2. The number of allylic oxidation sites excluding steroid dienone is 1. The standard InChI is InChI=1S/C24H18Cl2INO2/c1-2-29-23-13-16(11-19(14-28)17-7-9-20(25)10-8-17)12-22(27)24(23)30-15-18-5-3-4-6-21(18)26/h3-13H,2,15H2,1H3. The van der Waals surface area contributed by atoms with Crippen molar-refractivity contribution >= 4 is 57.4 Å². The Balaban J connectivity index is 1.93. The Hall–Kier alpha value is -2.20. The van der Waals surface area contributed by atoms with E-state index in [1.54, 1.807) is 12.1 Å².